The third kappa shape index (κ3) is 5.85. The molecule has 0 saturated heterocycles. The molecule has 1 heterocycles. The van der Waals surface area contributed by atoms with E-state index in [2.05, 4.69) is 11.6 Å². The van der Waals surface area contributed by atoms with Gasteiger partial charge in [-0.15, -0.1) is 11.8 Å². The van der Waals surface area contributed by atoms with Crippen molar-refractivity contribution < 1.29 is 22.7 Å². The Balaban J connectivity index is 1.56. The standard InChI is InChI=1S/C21H21N3O5S2/c1-15-10-11-24(18-4-2-3-5-19(18)30-15)20(25)14-29-21(26)13-23-31(27,28)17-8-6-16(12-22)7-9-17/h2-9,15,23H,10-11,13-14H2,1H3/t15-/m0/s1. The first kappa shape index (κ1) is 22.8. The van der Waals surface area contributed by atoms with E-state index in [0.29, 0.717) is 17.4 Å². The van der Waals surface area contributed by atoms with Crippen LogP contribution in [0.4, 0.5) is 5.69 Å². The number of carbonyl (C=O) groups is 2. The van der Waals surface area contributed by atoms with Gasteiger partial charge in [-0.05, 0) is 42.8 Å². The minimum atomic E-state index is -3.95. The van der Waals surface area contributed by atoms with Gasteiger partial charge < -0.3 is 9.64 Å². The Kier molecular flexibility index (Phi) is 7.33. The van der Waals surface area contributed by atoms with Gasteiger partial charge in [0.1, 0.15) is 6.54 Å². The average molecular weight is 460 g/mol. The maximum absolute atomic E-state index is 12.7. The van der Waals surface area contributed by atoms with Gasteiger partial charge in [-0.2, -0.15) is 9.98 Å². The molecule has 31 heavy (non-hydrogen) atoms. The molecule has 2 aromatic carbocycles. The number of anilines is 1. The van der Waals surface area contributed by atoms with Gasteiger partial charge in [0.2, 0.25) is 10.0 Å². The summed E-state index contributed by atoms with van der Waals surface area (Å²) in [5.41, 5.74) is 1.10. The third-order valence-corrected chi connectivity index (χ3v) is 7.26. The molecular formula is C21H21N3O5S2. The Hall–Kier alpha value is -2.87. The number of nitrogens with zero attached hydrogens (tertiary/aromatic N) is 2. The van der Waals surface area contributed by atoms with Crippen molar-refractivity contribution in [2.24, 2.45) is 0 Å². The Labute approximate surface area is 185 Å². The summed E-state index contributed by atoms with van der Waals surface area (Å²) in [7, 11) is -3.95. The Morgan fingerprint density at radius 1 is 1.23 bits per heavy atom. The van der Waals surface area contributed by atoms with Crippen molar-refractivity contribution in [3.8, 4) is 6.07 Å². The zero-order valence-electron chi connectivity index (χ0n) is 16.8. The normalized spacial score (nSPS) is 16.0. The van der Waals surface area contributed by atoms with Crippen LogP contribution >= 0.6 is 11.8 Å². The number of ether oxygens (including phenoxy) is 1. The molecule has 0 aliphatic carbocycles. The Morgan fingerprint density at radius 3 is 2.65 bits per heavy atom. The zero-order valence-corrected chi connectivity index (χ0v) is 18.4. The molecule has 162 valence electrons. The number of amides is 1. The van der Waals surface area contributed by atoms with Crippen molar-refractivity contribution in [1.82, 2.24) is 4.72 Å². The molecule has 1 atom stereocenters. The lowest BCUT2D eigenvalue weighted by atomic mass is 10.2. The van der Waals surface area contributed by atoms with Crippen LogP contribution in [0.15, 0.2) is 58.3 Å². The molecule has 8 nitrogen and oxygen atoms in total. The van der Waals surface area contributed by atoms with Gasteiger partial charge in [0.05, 0.1) is 22.2 Å². The van der Waals surface area contributed by atoms with Crippen LogP contribution in [-0.2, 0) is 24.3 Å². The molecule has 0 saturated carbocycles. The molecule has 2 aromatic rings. The fourth-order valence-electron chi connectivity index (χ4n) is 2.96. The van der Waals surface area contributed by atoms with Gasteiger partial charge in [0.15, 0.2) is 6.61 Å². The van der Waals surface area contributed by atoms with E-state index >= 15 is 0 Å². The molecule has 1 amide bonds. The highest BCUT2D eigenvalue weighted by atomic mass is 32.2. The van der Waals surface area contributed by atoms with Crippen molar-refractivity contribution in [3.05, 3.63) is 54.1 Å². The van der Waals surface area contributed by atoms with Crippen molar-refractivity contribution in [3.63, 3.8) is 0 Å². The summed E-state index contributed by atoms with van der Waals surface area (Å²) in [6.45, 7) is 1.51. The van der Waals surface area contributed by atoms with Crippen LogP contribution in [0.1, 0.15) is 18.9 Å². The van der Waals surface area contributed by atoms with E-state index < -0.39 is 29.1 Å². The fraction of sp³-hybridized carbons (Fsp3) is 0.286. The summed E-state index contributed by atoms with van der Waals surface area (Å²) in [4.78, 5) is 27.2. The SMILES string of the molecule is C[C@H]1CCN(C(=O)COC(=O)CNS(=O)(=O)c2ccc(C#N)cc2)c2ccccc2S1. The van der Waals surface area contributed by atoms with E-state index in [-0.39, 0.29) is 10.8 Å². The number of para-hydroxylation sites is 1. The number of sulfonamides is 1. The molecule has 1 aliphatic heterocycles. The molecule has 0 bridgehead atoms. The minimum absolute atomic E-state index is 0.0804. The summed E-state index contributed by atoms with van der Waals surface area (Å²) >= 11 is 1.69. The molecule has 0 fully saturated rings. The van der Waals surface area contributed by atoms with Crippen LogP contribution in [0.3, 0.4) is 0 Å². The van der Waals surface area contributed by atoms with Crippen LogP contribution in [0.25, 0.3) is 0 Å². The summed E-state index contributed by atoms with van der Waals surface area (Å²) in [6.07, 6.45) is 0.795. The number of hydrogen-bond acceptors (Lipinski definition) is 7. The minimum Gasteiger partial charge on any atom is -0.455 e. The van der Waals surface area contributed by atoms with Gasteiger partial charge in [-0.25, -0.2) is 8.42 Å². The second-order valence-corrected chi connectivity index (χ2v) is 10.1. The molecule has 1 N–H and O–H groups in total. The monoisotopic (exact) mass is 459 g/mol. The van der Waals surface area contributed by atoms with Crippen molar-refractivity contribution in [1.29, 1.82) is 5.26 Å². The molecule has 0 spiro atoms. The van der Waals surface area contributed by atoms with E-state index in [1.165, 1.54) is 24.3 Å². The lowest BCUT2D eigenvalue weighted by Gasteiger charge is -2.22. The van der Waals surface area contributed by atoms with Crippen molar-refractivity contribution in [2.75, 3.05) is 24.6 Å². The second kappa shape index (κ2) is 9.96. The number of rotatable bonds is 6. The lowest BCUT2D eigenvalue weighted by Crippen LogP contribution is -2.37. The van der Waals surface area contributed by atoms with Crippen LogP contribution in [0, 0.1) is 11.3 Å². The number of nitriles is 1. The van der Waals surface area contributed by atoms with Gasteiger partial charge in [0, 0.05) is 16.7 Å². The van der Waals surface area contributed by atoms with Crippen LogP contribution < -0.4 is 9.62 Å². The number of esters is 1. The quantitative estimate of drug-likeness (QED) is 0.659. The van der Waals surface area contributed by atoms with Crippen molar-refractivity contribution in [2.45, 2.75) is 28.4 Å². The van der Waals surface area contributed by atoms with E-state index in [1.54, 1.807) is 16.7 Å². The van der Waals surface area contributed by atoms with E-state index in [9.17, 15) is 18.0 Å². The van der Waals surface area contributed by atoms with E-state index in [1.807, 2.05) is 30.3 Å². The summed E-state index contributed by atoms with van der Waals surface area (Å²) in [5.74, 6) is -1.23. The molecule has 0 aromatic heterocycles. The van der Waals surface area contributed by atoms with E-state index in [4.69, 9.17) is 10.00 Å². The number of hydrogen-bond donors (Lipinski definition) is 1. The average Bonchev–Trinajstić information content (AvgIpc) is 2.94. The third-order valence-electron chi connectivity index (χ3n) is 4.60. The predicted molar refractivity (Wildman–Crippen MR) is 116 cm³/mol. The van der Waals surface area contributed by atoms with Gasteiger partial charge in [0.25, 0.3) is 5.91 Å². The number of benzene rings is 2. The van der Waals surface area contributed by atoms with Gasteiger partial charge in [-0.3, -0.25) is 9.59 Å². The zero-order chi connectivity index (χ0) is 22.4. The van der Waals surface area contributed by atoms with Crippen molar-refractivity contribution >= 4 is 39.3 Å². The molecular weight excluding hydrogens is 438 g/mol. The molecule has 3 rings (SSSR count). The number of fused-ring (bicyclic) bond motifs is 1. The predicted octanol–water partition coefficient (Wildman–Crippen LogP) is 2.30. The first-order chi connectivity index (χ1) is 14.8. The molecule has 1 aliphatic rings. The maximum Gasteiger partial charge on any atom is 0.321 e. The molecule has 0 radical (unpaired) electrons. The maximum atomic E-state index is 12.7. The number of thioether (sulfide) groups is 1. The van der Waals surface area contributed by atoms with Gasteiger partial charge >= 0.3 is 5.97 Å². The summed E-state index contributed by atoms with van der Waals surface area (Å²) in [6, 6.07) is 14.7. The topological polar surface area (TPSA) is 117 Å². The fourth-order valence-corrected chi connectivity index (χ4v) is 5.04. The highest BCUT2D eigenvalue weighted by Crippen LogP contribution is 2.37. The van der Waals surface area contributed by atoms with E-state index in [0.717, 1.165) is 17.0 Å². The van der Waals surface area contributed by atoms with Crippen LogP contribution in [-0.4, -0.2) is 45.2 Å². The smallest absolute Gasteiger partial charge is 0.321 e. The summed E-state index contributed by atoms with van der Waals surface area (Å²) < 4.78 is 31.6. The molecule has 10 heteroatoms. The van der Waals surface area contributed by atoms with Gasteiger partial charge in [-0.1, -0.05) is 19.1 Å². The Morgan fingerprint density at radius 2 is 1.94 bits per heavy atom. The number of carbonyl (C=O) groups excluding carboxylic acids is 2. The highest BCUT2D eigenvalue weighted by molar-refractivity contribution is 8.00. The Bertz CT molecular complexity index is 1110. The highest BCUT2D eigenvalue weighted by Gasteiger charge is 2.25. The first-order valence-corrected chi connectivity index (χ1v) is 11.9. The molecule has 0 unspecified atom stereocenters. The second-order valence-electron chi connectivity index (χ2n) is 6.85. The number of nitrogens with one attached hydrogen (secondary N) is 1. The first-order valence-electron chi connectivity index (χ1n) is 9.51. The summed E-state index contributed by atoms with van der Waals surface area (Å²) in [5, 5.41) is 9.13. The van der Waals surface area contributed by atoms with Crippen LogP contribution in [0.5, 0.6) is 0 Å². The largest absolute Gasteiger partial charge is 0.455 e. The lowest BCUT2D eigenvalue weighted by molar-refractivity contribution is -0.146. The van der Waals surface area contributed by atoms with Crippen LogP contribution in [0.2, 0.25) is 0 Å².